The van der Waals surface area contributed by atoms with Crippen molar-refractivity contribution in [3.05, 3.63) is 35.9 Å². The van der Waals surface area contributed by atoms with E-state index in [1.807, 2.05) is 0 Å². The van der Waals surface area contributed by atoms with Crippen LogP contribution in [0.1, 0.15) is 39.3 Å². The molecule has 90 valence electrons. The molecule has 1 atom stereocenters. The van der Waals surface area contributed by atoms with Crippen molar-refractivity contribution in [2.24, 2.45) is 0 Å². The van der Waals surface area contributed by atoms with Crippen LogP contribution in [-0.4, -0.2) is 18.6 Å². The SMILES string of the molecule is CC(NCCNC(C)(C)C)c1ccccc1. The van der Waals surface area contributed by atoms with Gasteiger partial charge in [-0.3, -0.25) is 0 Å². The van der Waals surface area contributed by atoms with Gasteiger partial charge in [-0.25, -0.2) is 0 Å². The Balaban J connectivity index is 2.24. The maximum absolute atomic E-state index is 3.51. The van der Waals surface area contributed by atoms with Crippen LogP contribution in [0, 0.1) is 0 Å². The molecule has 0 aliphatic rings. The lowest BCUT2D eigenvalue weighted by Gasteiger charge is -2.21. The zero-order valence-electron chi connectivity index (χ0n) is 10.9. The van der Waals surface area contributed by atoms with Crippen molar-refractivity contribution < 1.29 is 0 Å². The van der Waals surface area contributed by atoms with Gasteiger partial charge in [-0.15, -0.1) is 0 Å². The van der Waals surface area contributed by atoms with Gasteiger partial charge in [0, 0.05) is 24.7 Å². The smallest absolute Gasteiger partial charge is 0.0292 e. The highest BCUT2D eigenvalue weighted by molar-refractivity contribution is 5.17. The van der Waals surface area contributed by atoms with E-state index in [9.17, 15) is 0 Å². The van der Waals surface area contributed by atoms with Crippen LogP contribution in [0.4, 0.5) is 0 Å². The van der Waals surface area contributed by atoms with Gasteiger partial charge >= 0.3 is 0 Å². The molecule has 0 saturated heterocycles. The first kappa shape index (κ1) is 13.2. The van der Waals surface area contributed by atoms with E-state index in [0.29, 0.717) is 6.04 Å². The van der Waals surface area contributed by atoms with E-state index in [1.54, 1.807) is 0 Å². The first-order valence-corrected chi connectivity index (χ1v) is 6.02. The van der Waals surface area contributed by atoms with Crippen LogP contribution in [-0.2, 0) is 0 Å². The summed E-state index contributed by atoms with van der Waals surface area (Å²) < 4.78 is 0. The molecule has 0 amide bonds. The maximum Gasteiger partial charge on any atom is 0.0292 e. The molecule has 2 nitrogen and oxygen atoms in total. The average molecular weight is 220 g/mol. The molecule has 1 rings (SSSR count). The zero-order valence-corrected chi connectivity index (χ0v) is 10.9. The summed E-state index contributed by atoms with van der Waals surface area (Å²) in [5, 5.41) is 6.98. The summed E-state index contributed by atoms with van der Waals surface area (Å²) in [4.78, 5) is 0. The van der Waals surface area contributed by atoms with Crippen LogP contribution < -0.4 is 10.6 Å². The quantitative estimate of drug-likeness (QED) is 0.746. The van der Waals surface area contributed by atoms with Crippen molar-refractivity contribution in [1.82, 2.24) is 10.6 Å². The van der Waals surface area contributed by atoms with E-state index < -0.39 is 0 Å². The molecule has 0 saturated carbocycles. The Kier molecular flexibility index (Phi) is 4.97. The summed E-state index contributed by atoms with van der Waals surface area (Å²) in [6, 6.07) is 11.0. The van der Waals surface area contributed by atoms with Gasteiger partial charge in [0.25, 0.3) is 0 Å². The summed E-state index contributed by atoms with van der Waals surface area (Å²) in [6.45, 7) is 10.8. The normalized spacial score (nSPS) is 13.8. The van der Waals surface area contributed by atoms with E-state index in [1.165, 1.54) is 5.56 Å². The van der Waals surface area contributed by atoms with Gasteiger partial charge in [0.05, 0.1) is 0 Å². The topological polar surface area (TPSA) is 24.1 Å². The van der Waals surface area contributed by atoms with E-state index in [-0.39, 0.29) is 5.54 Å². The van der Waals surface area contributed by atoms with Crippen LogP contribution >= 0.6 is 0 Å². The predicted octanol–water partition coefficient (Wildman–Crippen LogP) is 2.73. The van der Waals surface area contributed by atoms with Gasteiger partial charge in [0.2, 0.25) is 0 Å². The highest BCUT2D eigenvalue weighted by Crippen LogP contribution is 2.10. The minimum absolute atomic E-state index is 0.206. The second kappa shape index (κ2) is 6.02. The van der Waals surface area contributed by atoms with Crippen molar-refractivity contribution >= 4 is 0 Å². The fourth-order valence-corrected chi connectivity index (χ4v) is 1.59. The van der Waals surface area contributed by atoms with Crippen LogP contribution in [0.15, 0.2) is 30.3 Å². The number of rotatable bonds is 5. The van der Waals surface area contributed by atoms with Crippen LogP contribution in [0.3, 0.4) is 0 Å². The third kappa shape index (κ3) is 5.29. The Morgan fingerprint density at radius 1 is 1.06 bits per heavy atom. The molecule has 0 spiro atoms. The summed E-state index contributed by atoms with van der Waals surface area (Å²) in [5.74, 6) is 0. The summed E-state index contributed by atoms with van der Waals surface area (Å²) in [7, 11) is 0. The van der Waals surface area contributed by atoms with Crippen molar-refractivity contribution in [2.75, 3.05) is 13.1 Å². The second-order valence-electron chi connectivity index (χ2n) is 5.26. The third-order valence-electron chi connectivity index (χ3n) is 2.53. The second-order valence-corrected chi connectivity index (χ2v) is 5.26. The lowest BCUT2D eigenvalue weighted by molar-refractivity contribution is 0.414. The number of benzene rings is 1. The van der Waals surface area contributed by atoms with Crippen LogP contribution in [0.25, 0.3) is 0 Å². The van der Waals surface area contributed by atoms with Gasteiger partial charge < -0.3 is 10.6 Å². The maximum atomic E-state index is 3.51. The average Bonchev–Trinajstić information content (AvgIpc) is 2.24. The van der Waals surface area contributed by atoms with Gasteiger partial charge in [0.15, 0.2) is 0 Å². The highest BCUT2D eigenvalue weighted by atomic mass is 15.0. The molecule has 0 aliphatic heterocycles. The molecule has 0 aromatic heterocycles. The minimum atomic E-state index is 0.206. The highest BCUT2D eigenvalue weighted by Gasteiger charge is 2.08. The number of hydrogen-bond donors (Lipinski definition) is 2. The fraction of sp³-hybridized carbons (Fsp3) is 0.571. The Morgan fingerprint density at radius 2 is 1.69 bits per heavy atom. The molecule has 0 aliphatic carbocycles. The zero-order chi connectivity index (χ0) is 12.0. The predicted molar refractivity (Wildman–Crippen MR) is 70.6 cm³/mol. The lowest BCUT2D eigenvalue weighted by atomic mass is 10.1. The Bertz CT molecular complexity index is 287. The Labute approximate surface area is 99.5 Å². The summed E-state index contributed by atoms with van der Waals surface area (Å²) in [6.07, 6.45) is 0. The molecule has 1 aromatic rings. The Morgan fingerprint density at radius 3 is 2.25 bits per heavy atom. The van der Waals surface area contributed by atoms with E-state index in [0.717, 1.165) is 13.1 Å². The molecule has 0 heterocycles. The van der Waals surface area contributed by atoms with Crippen molar-refractivity contribution in [2.45, 2.75) is 39.3 Å². The van der Waals surface area contributed by atoms with Crippen LogP contribution in [0.2, 0.25) is 0 Å². The third-order valence-corrected chi connectivity index (χ3v) is 2.53. The van der Waals surface area contributed by atoms with E-state index in [2.05, 4.69) is 68.7 Å². The standard InChI is InChI=1S/C14H24N2/c1-12(13-8-6-5-7-9-13)15-10-11-16-14(2,3)4/h5-9,12,15-16H,10-11H2,1-4H3. The minimum Gasteiger partial charge on any atom is -0.311 e. The largest absolute Gasteiger partial charge is 0.311 e. The first-order valence-electron chi connectivity index (χ1n) is 6.02. The van der Waals surface area contributed by atoms with Gasteiger partial charge in [-0.1, -0.05) is 30.3 Å². The van der Waals surface area contributed by atoms with Crippen molar-refractivity contribution in [3.8, 4) is 0 Å². The molecule has 2 heteroatoms. The first-order chi connectivity index (χ1) is 7.49. The molecular weight excluding hydrogens is 196 g/mol. The fourth-order valence-electron chi connectivity index (χ4n) is 1.59. The molecular formula is C14H24N2. The Hall–Kier alpha value is -0.860. The van der Waals surface area contributed by atoms with Crippen molar-refractivity contribution in [1.29, 1.82) is 0 Å². The van der Waals surface area contributed by atoms with E-state index in [4.69, 9.17) is 0 Å². The molecule has 16 heavy (non-hydrogen) atoms. The number of hydrogen-bond acceptors (Lipinski definition) is 2. The number of nitrogens with one attached hydrogen (secondary N) is 2. The monoisotopic (exact) mass is 220 g/mol. The van der Waals surface area contributed by atoms with Crippen molar-refractivity contribution in [3.63, 3.8) is 0 Å². The van der Waals surface area contributed by atoms with Gasteiger partial charge in [0.1, 0.15) is 0 Å². The molecule has 1 aromatic carbocycles. The lowest BCUT2D eigenvalue weighted by Crippen LogP contribution is -2.40. The molecule has 2 N–H and O–H groups in total. The van der Waals surface area contributed by atoms with Crippen LogP contribution in [0.5, 0.6) is 0 Å². The van der Waals surface area contributed by atoms with Gasteiger partial charge in [-0.2, -0.15) is 0 Å². The summed E-state index contributed by atoms with van der Waals surface area (Å²) in [5.41, 5.74) is 1.55. The molecule has 0 radical (unpaired) electrons. The molecule has 0 fully saturated rings. The molecule has 0 bridgehead atoms. The summed E-state index contributed by atoms with van der Waals surface area (Å²) >= 11 is 0. The van der Waals surface area contributed by atoms with Gasteiger partial charge in [-0.05, 0) is 33.3 Å². The van der Waals surface area contributed by atoms with E-state index >= 15 is 0 Å². The molecule has 1 unspecified atom stereocenters.